The number of pyridine rings is 1. The fourth-order valence-corrected chi connectivity index (χ4v) is 1.91. The van der Waals surface area contributed by atoms with E-state index in [1.54, 1.807) is 0 Å². The molecule has 0 aromatic carbocycles. The lowest BCUT2D eigenvalue weighted by Gasteiger charge is -2.27. The molecular formula is C14H24BrN3. The maximum Gasteiger partial charge on any atom is 0.133 e. The molecule has 0 radical (unpaired) electrons. The summed E-state index contributed by atoms with van der Waals surface area (Å²) in [5.41, 5.74) is 1.33. The second-order valence-electron chi connectivity index (χ2n) is 5.94. The first-order valence-corrected chi connectivity index (χ1v) is 7.12. The summed E-state index contributed by atoms with van der Waals surface area (Å²) in [6, 6.07) is 2.58. The summed E-state index contributed by atoms with van der Waals surface area (Å²) in [5.74, 6) is 1.05. The van der Waals surface area contributed by atoms with Crippen LogP contribution in [-0.4, -0.2) is 23.6 Å². The first kappa shape index (κ1) is 15.4. The van der Waals surface area contributed by atoms with E-state index >= 15 is 0 Å². The first-order chi connectivity index (χ1) is 8.20. The van der Waals surface area contributed by atoms with Crippen LogP contribution in [0.1, 0.15) is 40.2 Å². The molecule has 0 aliphatic heterocycles. The number of aromatic nitrogens is 1. The fraction of sp³-hybridized carbons (Fsp3) is 0.643. The van der Waals surface area contributed by atoms with Crippen molar-refractivity contribution in [3.05, 3.63) is 22.3 Å². The lowest BCUT2D eigenvalue weighted by molar-refractivity contribution is 0.424. The zero-order valence-corrected chi connectivity index (χ0v) is 13.8. The Kier molecular flexibility index (Phi) is 5.17. The molecule has 0 atom stereocenters. The smallest absolute Gasteiger partial charge is 0.133 e. The van der Waals surface area contributed by atoms with Crippen LogP contribution in [0.2, 0.25) is 0 Å². The SMILES string of the molecule is CC(C)N(C)c1ncc(Br)cc1CNC(C)(C)C. The average molecular weight is 314 g/mol. The second kappa shape index (κ2) is 6.02. The predicted molar refractivity (Wildman–Crippen MR) is 82.1 cm³/mol. The maximum atomic E-state index is 4.54. The lowest BCUT2D eigenvalue weighted by atomic mass is 10.1. The highest BCUT2D eigenvalue weighted by Crippen LogP contribution is 2.22. The maximum absolute atomic E-state index is 4.54. The van der Waals surface area contributed by atoms with Gasteiger partial charge in [0.2, 0.25) is 0 Å². The molecule has 1 aromatic rings. The van der Waals surface area contributed by atoms with E-state index in [1.165, 1.54) is 5.56 Å². The molecule has 0 aliphatic rings. The topological polar surface area (TPSA) is 28.2 Å². The van der Waals surface area contributed by atoms with Gasteiger partial charge in [0.15, 0.2) is 0 Å². The molecule has 1 aromatic heterocycles. The third-order valence-corrected chi connectivity index (χ3v) is 3.26. The molecule has 1 N–H and O–H groups in total. The van der Waals surface area contributed by atoms with Gasteiger partial charge in [0.05, 0.1) is 0 Å². The molecule has 0 spiro atoms. The van der Waals surface area contributed by atoms with Crippen LogP contribution in [0.25, 0.3) is 0 Å². The average Bonchev–Trinajstić information content (AvgIpc) is 2.24. The van der Waals surface area contributed by atoms with Crippen LogP contribution >= 0.6 is 15.9 Å². The van der Waals surface area contributed by atoms with Gasteiger partial charge in [-0.2, -0.15) is 0 Å². The van der Waals surface area contributed by atoms with Gasteiger partial charge in [0.1, 0.15) is 5.82 Å². The van der Waals surface area contributed by atoms with Gasteiger partial charge in [-0.25, -0.2) is 4.98 Å². The van der Waals surface area contributed by atoms with E-state index in [0.29, 0.717) is 6.04 Å². The van der Waals surface area contributed by atoms with Crippen molar-refractivity contribution in [3.8, 4) is 0 Å². The number of nitrogens with one attached hydrogen (secondary N) is 1. The minimum atomic E-state index is 0.107. The van der Waals surface area contributed by atoms with Gasteiger partial charge in [-0.05, 0) is 56.6 Å². The number of nitrogens with zero attached hydrogens (tertiary/aromatic N) is 2. The highest BCUT2D eigenvalue weighted by molar-refractivity contribution is 9.10. The Hall–Kier alpha value is -0.610. The predicted octanol–water partition coefficient (Wildman–Crippen LogP) is 3.58. The van der Waals surface area contributed by atoms with E-state index in [0.717, 1.165) is 16.8 Å². The van der Waals surface area contributed by atoms with Crippen molar-refractivity contribution in [1.29, 1.82) is 0 Å². The number of halogens is 1. The van der Waals surface area contributed by atoms with E-state index < -0.39 is 0 Å². The summed E-state index contributed by atoms with van der Waals surface area (Å²) in [6.45, 7) is 11.7. The van der Waals surface area contributed by atoms with Gasteiger partial charge < -0.3 is 10.2 Å². The van der Waals surface area contributed by atoms with Crippen molar-refractivity contribution in [2.24, 2.45) is 0 Å². The summed E-state index contributed by atoms with van der Waals surface area (Å²) < 4.78 is 1.02. The number of anilines is 1. The Morgan fingerprint density at radius 2 is 2.00 bits per heavy atom. The van der Waals surface area contributed by atoms with Crippen molar-refractivity contribution < 1.29 is 0 Å². The van der Waals surface area contributed by atoms with Crippen molar-refractivity contribution in [1.82, 2.24) is 10.3 Å². The van der Waals surface area contributed by atoms with Crippen LogP contribution in [0.5, 0.6) is 0 Å². The molecule has 1 heterocycles. The summed E-state index contributed by atoms with van der Waals surface area (Å²) in [5, 5.41) is 3.51. The number of hydrogen-bond acceptors (Lipinski definition) is 3. The zero-order valence-electron chi connectivity index (χ0n) is 12.2. The lowest BCUT2D eigenvalue weighted by Crippen LogP contribution is -2.36. The standard InChI is InChI=1S/C14H24BrN3/c1-10(2)18(6)13-11(7-12(15)9-16-13)8-17-14(3,4)5/h7,9-10,17H,8H2,1-6H3. The minimum Gasteiger partial charge on any atom is -0.357 e. The molecular weight excluding hydrogens is 290 g/mol. The van der Waals surface area contributed by atoms with Crippen LogP contribution in [-0.2, 0) is 6.54 Å². The Labute approximate surface area is 119 Å². The van der Waals surface area contributed by atoms with Crippen LogP contribution in [0, 0.1) is 0 Å². The molecule has 0 unspecified atom stereocenters. The molecule has 0 bridgehead atoms. The van der Waals surface area contributed by atoms with Gasteiger partial charge in [0, 0.05) is 41.4 Å². The fourth-order valence-electron chi connectivity index (χ4n) is 1.53. The van der Waals surface area contributed by atoms with Gasteiger partial charge in [-0.15, -0.1) is 0 Å². The Balaban J connectivity index is 2.97. The van der Waals surface area contributed by atoms with Gasteiger partial charge in [-0.1, -0.05) is 0 Å². The van der Waals surface area contributed by atoms with Crippen molar-refractivity contribution in [2.45, 2.75) is 52.7 Å². The third-order valence-electron chi connectivity index (χ3n) is 2.83. The molecule has 3 nitrogen and oxygen atoms in total. The molecule has 0 saturated heterocycles. The molecule has 4 heteroatoms. The van der Waals surface area contributed by atoms with Gasteiger partial charge in [-0.3, -0.25) is 0 Å². The first-order valence-electron chi connectivity index (χ1n) is 6.33. The summed E-state index contributed by atoms with van der Waals surface area (Å²) in [6.07, 6.45) is 1.86. The van der Waals surface area contributed by atoms with E-state index in [-0.39, 0.29) is 5.54 Å². The molecule has 0 saturated carbocycles. The summed E-state index contributed by atoms with van der Waals surface area (Å²) >= 11 is 3.49. The van der Waals surface area contributed by atoms with Crippen molar-refractivity contribution in [3.63, 3.8) is 0 Å². The quantitative estimate of drug-likeness (QED) is 0.921. The van der Waals surface area contributed by atoms with E-state index in [9.17, 15) is 0 Å². The minimum absolute atomic E-state index is 0.107. The van der Waals surface area contributed by atoms with Gasteiger partial charge >= 0.3 is 0 Å². The Morgan fingerprint density at radius 1 is 1.39 bits per heavy atom. The monoisotopic (exact) mass is 313 g/mol. The van der Waals surface area contributed by atoms with Gasteiger partial charge in [0.25, 0.3) is 0 Å². The van der Waals surface area contributed by atoms with Crippen molar-refractivity contribution >= 4 is 21.7 Å². The molecule has 0 amide bonds. The number of rotatable bonds is 4. The molecule has 0 aliphatic carbocycles. The molecule has 18 heavy (non-hydrogen) atoms. The van der Waals surface area contributed by atoms with Crippen LogP contribution in [0.15, 0.2) is 16.7 Å². The van der Waals surface area contributed by atoms with Crippen LogP contribution in [0.4, 0.5) is 5.82 Å². The van der Waals surface area contributed by atoms with Crippen LogP contribution < -0.4 is 10.2 Å². The molecule has 1 rings (SSSR count). The number of hydrogen-bond donors (Lipinski definition) is 1. The van der Waals surface area contributed by atoms with E-state index in [1.807, 2.05) is 6.20 Å². The highest BCUT2D eigenvalue weighted by atomic mass is 79.9. The van der Waals surface area contributed by atoms with Crippen molar-refractivity contribution in [2.75, 3.05) is 11.9 Å². The second-order valence-corrected chi connectivity index (χ2v) is 6.86. The van der Waals surface area contributed by atoms with E-state index in [4.69, 9.17) is 0 Å². The third kappa shape index (κ3) is 4.58. The zero-order chi connectivity index (χ0) is 13.9. The molecule has 102 valence electrons. The van der Waals surface area contributed by atoms with Crippen LogP contribution in [0.3, 0.4) is 0 Å². The Morgan fingerprint density at radius 3 is 2.50 bits per heavy atom. The summed E-state index contributed by atoms with van der Waals surface area (Å²) in [7, 11) is 2.08. The van der Waals surface area contributed by atoms with E-state index in [2.05, 4.69) is 78.9 Å². The molecule has 0 fully saturated rings. The summed E-state index contributed by atoms with van der Waals surface area (Å²) in [4.78, 5) is 6.74. The normalized spacial score (nSPS) is 12.0. The Bertz CT molecular complexity index is 397. The largest absolute Gasteiger partial charge is 0.357 e. The highest BCUT2D eigenvalue weighted by Gasteiger charge is 2.15.